The summed E-state index contributed by atoms with van der Waals surface area (Å²) in [5.41, 5.74) is 0. The first-order valence-electron chi connectivity index (χ1n) is 1.33. The molecule has 0 amide bonds. The van der Waals surface area contributed by atoms with Gasteiger partial charge >= 0.3 is 30.2 Å². The van der Waals surface area contributed by atoms with Crippen LogP contribution in [0, 0.1) is 15.3 Å². The molecule has 0 fully saturated rings. The van der Waals surface area contributed by atoms with Gasteiger partial charge in [-0.05, 0) is 0 Å². The maximum Gasteiger partial charge on any atom is 1.00 e. The van der Waals surface area contributed by atoms with Crippen LogP contribution in [-0.2, 0) is 26.9 Å². The molecule has 0 aromatic rings. The quantitative estimate of drug-likeness (QED) is 0.217. The van der Waals surface area contributed by atoms with Crippen molar-refractivity contribution in [2.24, 2.45) is 0 Å². The molecule has 0 aromatic heterocycles. The summed E-state index contributed by atoms with van der Waals surface area (Å²) in [6.07, 6.45) is 0. The molecule has 0 aliphatic carbocycles. The van der Waals surface area contributed by atoms with Gasteiger partial charge in [0.2, 0.25) is 0 Å². The fourth-order valence-corrected chi connectivity index (χ4v) is 0. The van der Waals surface area contributed by atoms with E-state index in [0.29, 0.717) is 0 Å². The van der Waals surface area contributed by atoms with E-state index < -0.39 is 12.9 Å². The second-order valence-electron chi connectivity index (χ2n) is 0.737. The van der Waals surface area contributed by atoms with E-state index in [1.54, 1.807) is 0 Å². The Morgan fingerprint density at radius 1 is 1.20 bits per heavy atom. The molecule has 0 spiro atoms. The maximum absolute atomic E-state index is 8.88. The van der Waals surface area contributed by atoms with Crippen LogP contribution in [0.3, 0.4) is 0 Å². The smallest absolute Gasteiger partial charge is 0.356 e. The summed E-state index contributed by atoms with van der Waals surface area (Å²) in [6.45, 7) is 0. The van der Waals surface area contributed by atoms with Crippen molar-refractivity contribution in [1.29, 1.82) is 0 Å². The molecule has 0 aliphatic heterocycles. The van der Waals surface area contributed by atoms with Crippen LogP contribution < -0.4 is 0 Å². The number of nitrogens with zero attached hydrogens (tertiary/aromatic N) is 1. The van der Waals surface area contributed by atoms with E-state index in [1.807, 2.05) is 0 Å². The Morgan fingerprint density at radius 2 is 1.20 bits per heavy atom. The van der Waals surface area contributed by atoms with E-state index in [1.165, 1.54) is 0 Å². The monoisotopic (exact) mass is 267 g/mol. The predicted octanol–water partition coefficient (Wildman–Crippen LogP) is -1.17. The molecule has 3 N–H and O–H groups in total. The largest absolute Gasteiger partial charge is 1.00 e. The van der Waals surface area contributed by atoms with Gasteiger partial charge in [0.25, 0.3) is 0 Å². The Balaban J connectivity index is -0.0000000910. The molecule has 0 bridgehead atoms. The number of rotatable bonds is 0. The predicted molar refractivity (Wildman–Crippen MR) is 24.6 cm³/mol. The van der Waals surface area contributed by atoms with Crippen molar-refractivity contribution in [2.45, 2.75) is 0 Å². The summed E-state index contributed by atoms with van der Waals surface area (Å²) in [6, 6.07) is 0. The zero-order valence-corrected chi connectivity index (χ0v) is 6.55. The zero-order chi connectivity index (χ0) is 8.08. The van der Waals surface area contributed by atoms with E-state index in [0.717, 1.165) is 0 Å². The molecule has 66 valence electrons. The summed E-state index contributed by atoms with van der Waals surface area (Å²) >= 11 is 0. The molecule has 0 aliphatic rings. The van der Waals surface area contributed by atoms with Gasteiger partial charge in [-0.3, -0.25) is 0 Å². The molecule has 0 radical (unpaired) electrons. The molecule has 10 heteroatoms. The van der Waals surface area contributed by atoms with Gasteiger partial charge in [-0.15, -0.1) is 0 Å². The van der Waals surface area contributed by atoms with Gasteiger partial charge in [-0.2, -0.15) is 0 Å². The Kier molecular flexibility index (Phi) is 11.9. The van der Waals surface area contributed by atoms with Gasteiger partial charge in [-0.1, -0.05) is 0 Å². The number of hydrogen-bond acceptors (Lipinski definition) is 4. The Hall–Kier alpha value is 0.0503. The zero-order valence-electron chi connectivity index (χ0n) is 4.17. The summed E-state index contributed by atoms with van der Waals surface area (Å²) in [7, 11) is -4.64. The summed E-state index contributed by atoms with van der Waals surface area (Å²) in [4.78, 5) is 29.8. The van der Waals surface area contributed by atoms with Gasteiger partial charge in [0, 0.05) is 0 Å². The third-order valence-corrected chi connectivity index (χ3v) is 0. The molecule has 10 heavy (non-hydrogen) atoms. The summed E-state index contributed by atoms with van der Waals surface area (Å²) in [5.74, 6) is 0. The van der Waals surface area contributed by atoms with Crippen LogP contribution in [0.2, 0.25) is 0 Å². The topological polar surface area (TPSA) is 144 Å². The van der Waals surface area contributed by atoms with Crippen molar-refractivity contribution < 1.29 is 46.7 Å². The standard InChI is InChI=1S/Ag.NO3.H3O4P/c;2-1(3)4;1-5(2,3)4/h;;(H3,1,2,3,4)/q+1;-1;. The van der Waals surface area contributed by atoms with Crippen molar-refractivity contribution in [3.8, 4) is 0 Å². The summed E-state index contributed by atoms with van der Waals surface area (Å²) in [5, 5.41) is 14.8. The Labute approximate surface area is 70.3 Å². The van der Waals surface area contributed by atoms with E-state index in [-0.39, 0.29) is 22.4 Å². The van der Waals surface area contributed by atoms with E-state index >= 15 is 0 Å². The van der Waals surface area contributed by atoms with Crippen molar-refractivity contribution in [1.82, 2.24) is 0 Å². The van der Waals surface area contributed by atoms with Gasteiger partial charge in [0.15, 0.2) is 0 Å². The molecule has 8 nitrogen and oxygen atoms in total. The van der Waals surface area contributed by atoms with E-state index in [2.05, 4.69) is 0 Å². The van der Waals surface area contributed by atoms with Crippen molar-refractivity contribution >= 4 is 7.82 Å². The molecule has 0 unspecified atom stereocenters. The Morgan fingerprint density at radius 3 is 1.20 bits per heavy atom. The van der Waals surface area contributed by atoms with Crippen LogP contribution >= 0.6 is 7.82 Å². The van der Waals surface area contributed by atoms with Gasteiger partial charge < -0.3 is 30.0 Å². The van der Waals surface area contributed by atoms with E-state index in [4.69, 9.17) is 34.6 Å². The fraction of sp³-hybridized carbons (Fsp3) is 0. The van der Waals surface area contributed by atoms with Crippen molar-refractivity contribution in [3.05, 3.63) is 15.3 Å². The number of phosphoric acid groups is 1. The minimum absolute atomic E-state index is 0. The van der Waals surface area contributed by atoms with Crippen LogP contribution in [0.15, 0.2) is 0 Å². The van der Waals surface area contributed by atoms with Crippen LogP contribution in [0.4, 0.5) is 0 Å². The Bertz CT molecular complexity index is 113. The molecule has 0 rings (SSSR count). The molecular weight excluding hydrogens is 265 g/mol. The molecule has 0 saturated carbocycles. The average Bonchev–Trinajstić information content (AvgIpc) is 1.19. The van der Waals surface area contributed by atoms with Gasteiger partial charge in [-0.25, -0.2) is 4.57 Å². The van der Waals surface area contributed by atoms with Crippen LogP contribution in [0.1, 0.15) is 0 Å². The SMILES string of the molecule is O=P(O)(O)O.O=[N+]([O-])[O-].[Ag+]. The molecule has 0 saturated heterocycles. The third kappa shape index (κ3) is 158000. The average molecular weight is 268 g/mol. The normalized spacial score (nSPS) is 8.30. The van der Waals surface area contributed by atoms with Crippen LogP contribution in [0.25, 0.3) is 0 Å². The van der Waals surface area contributed by atoms with E-state index in [9.17, 15) is 0 Å². The minimum atomic E-state index is -4.64. The van der Waals surface area contributed by atoms with Gasteiger partial charge in [0.05, 0.1) is 5.09 Å². The molecule has 0 atom stereocenters. The second kappa shape index (κ2) is 7.16. The number of hydrogen-bond donors (Lipinski definition) is 3. The first kappa shape index (κ1) is 16.6. The maximum atomic E-state index is 8.88. The second-order valence-corrected chi connectivity index (χ2v) is 1.76. The first-order chi connectivity index (χ1) is 3.73. The van der Waals surface area contributed by atoms with Crippen molar-refractivity contribution in [3.63, 3.8) is 0 Å². The summed E-state index contributed by atoms with van der Waals surface area (Å²) < 4.78 is 8.88. The van der Waals surface area contributed by atoms with Crippen LogP contribution in [-0.4, -0.2) is 19.8 Å². The van der Waals surface area contributed by atoms with Crippen molar-refractivity contribution in [2.75, 3.05) is 0 Å². The molecule has 0 aromatic carbocycles. The minimum Gasteiger partial charge on any atom is -0.356 e. The molecular formula is H3AgNO7P. The fourth-order valence-electron chi connectivity index (χ4n) is 0. The van der Waals surface area contributed by atoms with Gasteiger partial charge in [0.1, 0.15) is 0 Å². The third-order valence-electron chi connectivity index (χ3n) is 0. The van der Waals surface area contributed by atoms with Crippen LogP contribution in [0.5, 0.6) is 0 Å². The molecule has 0 heterocycles. The first-order valence-corrected chi connectivity index (χ1v) is 2.90.